The monoisotopic (exact) mass is 248 g/mol. The summed E-state index contributed by atoms with van der Waals surface area (Å²) in [4.78, 5) is 0. The van der Waals surface area contributed by atoms with Crippen molar-refractivity contribution in [3.05, 3.63) is 29.8 Å². The van der Waals surface area contributed by atoms with Gasteiger partial charge in [-0.2, -0.15) is 0 Å². The molecule has 1 N–H and O–H groups in total. The van der Waals surface area contributed by atoms with Crippen LogP contribution in [0.3, 0.4) is 0 Å². The largest absolute Gasteiger partial charge is 0.497 e. The van der Waals surface area contributed by atoms with E-state index in [2.05, 4.69) is 19.9 Å². The molecule has 0 radical (unpaired) electrons. The molecule has 0 heterocycles. The summed E-state index contributed by atoms with van der Waals surface area (Å²) >= 11 is 0. The van der Waals surface area contributed by atoms with Crippen LogP contribution in [0.5, 0.6) is 5.75 Å². The molecule has 1 aliphatic rings. The molecular weight excluding hydrogens is 224 g/mol. The Hall–Kier alpha value is -1.02. The molecule has 1 aliphatic carbocycles. The highest BCUT2D eigenvalue weighted by molar-refractivity contribution is 5.29. The number of aliphatic hydroxyl groups is 1. The number of ether oxygens (including phenoxy) is 1. The third kappa shape index (κ3) is 2.86. The Bertz CT molecular complexity index is 402. The molecule has 1 aromatic carbocycles. The fourth-order valence-corrected chi connectivity index (χ4v) is 3.08. The summed E-state index contributed by atoms with van der Waals surface area (Å²) in [6.07, 6.45) is 3.90. The molecule has 3 unspecified atom stereocenters. The van der Waals surface area contributed by atoms with Crippen molar-refractivity contribution in [1.29, 1.82) is 0 Å². The van der Waals surface area contributed by atoms with Crippen LogP contribution < -0.4 is 4.74 Å². The van der Waals surface area contributed by atoms with Crippen molar-refractivity contribution >= 4 is 0 Å². The maximum Gasteiger partial charge on any atom is 0.119 e. The zero-order chi connectivity index (χ0) is 13.2. The van der Waals surface area contributed by atoms with Crippen LogP contribution >= 0.6 is 0 Å². The van der Waals surface area contributed by atoms with Gasteiger partial charge in [0.2, 0.25) is 0 Å². The summed E-state index contributed by atoms with van der Waals surface area (Å²) in [5.41, 5.74) is 0.622. The normalized spacial score (nSPS) is 32.2. The summed E-state index contributed by atoms with van der Waals surface area (Å²) < 4.78 is 5.24. The van der Waals surface area contributed by atoms with Crippen LogP contribution in [-0.4, -0.2) is 17.8 Å². The highest BCUT2D eigenvalue weighted by Gasteiger charge is 2.38. The second kappa shape index (κ2) is 5.31. The molecule has 2 heteroatoms. The number of benzene rings is 1. The average molecular weight is 248 g/mol. The van der Waals surface area contributed by atoms with Gasteiger partial charge in [-0.05, 0) is 48.8 Å². The first-order chi connectivity index (χ1) is 8.53. The van der Waals surface area contributed by atoms with Crippen molar-refractivity contribution in [1.82, 2.24) is 0 Å². The number of rotatable bonds is 3. The molecule has 0 bridgehead atoms. The van der Waals surface area contributed by atoms with E-state index in [1.54, 1.807) is 7.11 Å². The molecule has 0 saturated heterocycles. The maximum absolute atomic E-state index is 10.8. The highest BCUT2D eigenvalue weighted by Crippen LogP contribution is 2.39. The molecule has 0 amide bonds. The van der Waals surface area contributed by atoms with E-state index in [-0.39, 0.29) is 0 Å². The molecule has 0 spiro atoms. The van der Waals surface area contributed by atoms with E-state index in [9.17, 15) is 5.11 Å². The fraction of sp³-hybridized carbons (Fsp3) is 0.625. The topological polar surface area (TPSA) is 29.5 Å². The van der Waals surface area contributed by atoms with Crippen LogP contribution in [0.1, 0.15) is 38.7 Å². The maximum atomic E-state index is 10.8. The SMILES string of the molecule is COc1cccc(CC2(O)CCC(C)CC2C)c1. The van der Waals surface area contributed by atoms with Crippen molar-refractivity contribution in [2.24, 2.45) is 11.8 Å². The standard InChI is InChI=1S/C16H24O2/c1-12-7-8-16(17,13(2)9-12)11-14-5-4-6-15(10-14)18-3/h4-6,10,12-13,17H,7-9,11H2,1-3H3. The summed E-state index contributed by atoms with van der Waals surface area (Å²) in [6.45, 7) is 4.46. The lowest BCUT2D eigenvalue weighted by Crippen LogP contribution is -2.43. The number of hydrogen-bond acceptors (Lipinski definition) is 2. The van der Waals surface area contributed by atoms with Crippen LogP contribution in [0.4, 0.5) is 0 Å². The Labute approximate surface area is 110 Å². The molecule has 1 saturated carbocycles. The van der Waals surface area contributed by atoms with Gasteiger partial charge in [-0.1, -0.05) is 26.0 Å². The zero-order valence-corrected chi connectivity index (χ0v) is 11.6. The van der Waals surface area contributed by atoms with Gasteiger partial charge in [-0.15, -0.1) is 0 Å². The second-order valence-electron chi connectivity index (χ2n) is 5.91. The number of hydrogen-bond donors (Lipinski definition) is 1. The van der Waals surface area contributed by atoms with Crippen LogP contribution in [0.25, 0.3) is 0 Å². The first-order valence-electron chi connectivity index (χ1n) is 6.89. The van der Waals surface area contributed by atoms with E-state index in [4.69, 9.17) is 4.74 Å². The average Bonchev–Trinajstić information content (AvgIpc) is 2.35. The minimum absolute atomic E-state index is 0.368. The molecule has 18 heavy (non-hydrogen) atoms. The van der Waals surface area contributed by atoms with E-state index in [0.29, 0.717) is 5.92 Å². The van der Waals surface area contributed by atoms with Gasteiger partial charge < -0.3 is 9.84 Å². The van der Waals surface area contributed by atoms with Gasteiger partial charge in [0.05, 0.1) is 12.7 Å². The quantitative estimate of drug-likeness (QED) is 0.888. The lowest BCUT2D eigenvalue weighted by molar-refractivity contribution is -0.0522. The van der Waals surface area contributed by atoms with Gasteiger partial charge in [0, 0.05) is 6.42 Å². The van der Waals surface area contributed by atoms with E-state index in [0.717, 1.165) is 37.4 Å². The minimum atomic E-state index is -0.543. The van der Waals surface area contributed by atoms with Gasteiger partial charge in [0.1, 0.15) is 5.75 Å². The minimum Gasteiger partial charge on any atom is -0.497 e. The Kier molecular flexibility index (Phi) is 3.96. The number of methoxy groups -OCH3 is 1. The summed E-state index contributed by atoms with van der Waals surface area (Å²) in [5, 5.41) is 10.8. The van der Waals surface area contributed by atoms with Crippen LogP contribution in [0.15, 0.2) is 24.3 Å². The molecule has 100 valence electrons. The van der Waals surface area contributed by atoms with Crippen molar-refractivity contribution in [2.75, 3.05) is 7.11 Å². The lowest BCUT2D eigenvalue weighted by atomic mass is 9.70. The van der Waals surface area contributed by atoms with Crippen molar-refractivity contribution in [3.63, 3.8) is 0 Å². The predicted octanol–water partition coefficient (Wildman–Crippen LogP) is 3.42. The van der Waals surface area contributed by atoms with Crippen molar-refractivity contribution in [3.8, 4) is 5.75 Å². The summed E-state index contributed by atoms with van der Waals surface area (Å²) in [5.74, 6) is 1.98. The molecule has 0 aliphatic heterocycles. The Morgan fingerprint density at radius 1 is 1.39 bits per heavy atom. The Morgan fingerprint density at radius 3 is 2.83 bits per heavy atom. The Balaban J connectivity index is 2.11. The summed E-state index contributed by atoms with van der Waals surface area (Å²) in [7, 11) is 1.68. The zero-order valence-electron chi connectivity index (χ0n) is 11.6. The van der Waals surface area contributed by atoms with Gasteiger partial charge in [0.25, 0.3) is 0 Å². The van der Waals surface area contributed by atoms with Crippen molar-refractivity contribution < 1.29 is 9.84 Å². The van der Waals surface area contributed by atoms with E-state index < -0.39 is 5.60 Å². The van der Waals surface area contributed by atoms with E-state index >= 15 is 0 Å². The molecule has 1 fully saturated rings. The van der Waals surface area contributed by atoms with Gasteiger partial charge in [-0.25, -0.2) is 0 Å². The Morgan fingerprint density at radius 2 is 2.17 bits per heavy atom. The van der Waals surface area contributed by atoms with Gasteiger partial charge in [-0.3, -0.25) is 0 Å². The molecule has 1 aromatic rings. The molecule has 2 rings (SSSR count). The van der Waals surface area contributed by atoms with Crippen LogP contribution in [0, 0.1) is 11.8 Å². The third-order valence-corrected chi connectivity index (χ3v) is 4.39. The van der Waals surface area contributed by atoms with E-state index in [1.807, 2.05) is 18.2 Å². The van der Waals surface area contributed by atoms with Crippen LogP contribution in [0.2, 0.25) is 0 Å². The van der Waals surface area contributed by atoms with Gasteiger partial charge in [0.15, 0.2) is 0 Å². The second-order valence-corrected chi connectivity index (χ2v) is 5.91. The fourth-order valence-electron chi connectivity index (χ4n) is 3.08. The molecular formula is C16H24O2. The van der Waals surface area contributed by atoms with E-state index in [1.165, 1.54) is 5.56 Å². The lowest BCUT2D eigenvalue weighted by Gasteiger charge is -2.41. The first-order valence-corrected chi connectivity index (χ1v) is 6.89. The first kappa shape index (κ1) is 13.4. The highest BCUT2D eigenvalue weighted by atomic mass is 16.5. The molecule has 0 aromatic heterocycles. The third-order valence-electron chi connectivity index (χ3n) is 4.39. The van der Waals surface area contributed by atoms with Crippen LogP contribution in [-0.2, 0) is 6.42 Å². The smallest absolute Gasteiger partial charge is 0.119 e. The van der Waals surface area contributed by atoms with Gasteiger partial charge >= 0.3 is 0 Å². The summed E-state index contributed by atoms with van der Waals surface area (Å²) in [6, 6.07) is 8.04. The van der Waals surface area contributed by atoms with Crippen molar-refractivity contribution in [2.45, 2.75) is 45.1 Å². The predicted molar refractivity (Wildman–Crippen MR) is 73.8 cm³/mol. The molecule has 2 nitrogen and oxygen atoms in total. The molecule has 3 atom stereocenters.